The molecule has 0 aliphatic rings. The third-order valence-corrected chi connectivity index (χ3v) is 5.73. The number of hydrogen-bond acceptors (Lipinski definition) is 5. The Bertz CT molecular complexity index is 1080. The summed E-state index contributed by atoms with van der Waals surface area (Å²) < 4.78 is 6.62. The van der Waals surface area contributed by atoms with Crippen molar-refractivity contribution < 1.29 is 9.53 Å². The minimum Gasteiger partial charge on any atom is -0.461 e. The van der Waals surface area contributed by atoms with Crippen LogP contribution in [0.15, 0.2) is 29.3 Å². The van der Waals surface area contributed by atoms with Crippen LogP contribution in [0.4, 0.5) is 0 Å². The van der Waals surface area contributed by atoms with Crippen molar-refractivity contribution in [2.45, 2.75) is 53.7 Å². The maximum atomic E-state index is 13.2. The van der Waals surface area contributed by atoms with Gasteiger partial charge >= 0.3 is 5.97 Å². The summed E-state index contributed by atoms with van der Waals surface area (Å²) in [6.07, 6.45) is 1.21. The Hall–Kier alpha value is -2.47. The smallest absolute Gasteiger partial charge is 0.329 e. The zero-order valence-corrected chi connectivity index (χ0v) is 17.3. The predicted molar refractivity (Wildman–Crippen MR) is 109 cm³/mol. The molecule has 142 valence electrons. The van der Waals surface area contributed by atoms with E-state index in [1.54, 1.807) is 20.8 Å². The minimum absolute atomic E-state index is 0.217. The second kappa shape index (κ2) is 7.27. The molecule has 1 atom stereocenters. The van der Waals surface area contributed by atoms with E-state index >= 15 is 0 Å². The van der Waals surface area contributed by atoms with E-state index in [0.717, 1.165) is 16.0 Å². The van der Waals surface area contributed by atoms with Gasteiger partial charge in [-0.05, 0) is 58.2 Å². The monoisotopic (exact) mass is 384 g/mol. The Labute approximate surface area is 162 Å². The Morgan fingerprint density at radius 3 is 2.48 bits per heavy atom. The Balaban J connectivity index is 2.19. The summed E-state index contributed by atoms with van der Waals surface area (Å²) in [4.78, 5) is 31.7. The van der Waals surface area contributed by atoms with Gasteiger partial charge in [0.05, 0.1) is 17.8 Å². The van der Waals surface area contributed by atoms with Crippen molar-refractivity contribution in [3.05, 3.63) is 50.9 Å². The van der Waals surface area contributed by atoms with E-state index in [9.17, 15) is 9.59 Å². The molecule has 0 amide bonds. The summed E-state index contributed by atoms with van der Waals surface area (Å²) in [6.45, 7) is 11.4. The number of aryl methyl sites for hydroxylation is 3. The fourth-order valence-corrected chi connectivity index (χ4v) is 4.08. The second-order valence-corrected chi connectivity index (χ2v) is 8.33. The van der Waals surface area contributed by atoms with Gasteiger partial charge in [0.1, 0.15) is 10.9 Å². The normalized spacial score (nSPS) is 12.6. The van der Waals surface area contributed by atoms with E-state index in [4.69, 9.17) is 4.74 Å². The lowest BCUT2D eigenvalue weighted by atomic mass is 9.99. The number of nitrogens with zero attached hydrogens (tertiary/aromatic N) is 2. The number of carbonyl (C=O) groups excluding carboxylic acids is 1. The highest BCUT2D eigenvalue weighted by Crippen LogP contribution is 2.36. The number of benzene rings is 1. The topological polar surface area (TPSA) is 61.2 Å². The third kappa shape index (κ3) is 3.54. The van der Waals surface area contributed by atoms with E-state index in [0.29, 0.717) is 10.2 Å². The van der Waals surface area contributed by atoms with Crippen molar-refractivity contribution in [1.82, 2.24) is 9.55 Å². The van der Waals surface area contributed by atoms with Gasteiger partial charge in [-0.15, -0.1) is 11.3 Å². The van der Waals surface area contributed by atoms with Gasteiger partial charge in [-0.25, -0.2) is 9.78 Å². The van der Waals surface area contributed by atoms with Crippen LogP contribution in [-0.2, 0) is 9.53 Å². The number of carbonyl (C=O) groups is 1. The molecule has 0 aliphatic heterocycles. The van der Waals surface area contributed by atoms with Crippen molar-refractivity contribution in [3.63, 3.8) is 0 Å². The lowest BCUT2D eigenvalue weighted by Crippen LogP contribution is -2.30. The average Bonchev–Trinajstić information content (AvgIpc) is 2.93. The first-order chi connectivity index (χ1) is 12.7. The highest BCUT2D eigenvalue weighted by Gasteiger charge is 2.23. The summed E-state index contributed by atoms with van der Waals surface area (Å²) in [6, 6.07) is 5.45. The summed E-state index contributed by atoms with van der Waals surface area (Å²) in [7, 11) is 0. The highest BCUT2D eigenvalue weighted by atomic mass is 32.1. The molecule has 2 aromatic heterocycles. The number of rotatable bonds is 4. The van der Waals surface area contributed by atoms with Gasteiger partial charge in [-0.2, -0.15) is 0 Å². The van der Waals surface area contributed by atoms with E-state index < -0.39 is 12.0 Å². The molecule has 0 unspecified atom stereocenters. The molecular weight excluding hydrogens is 360 g/mol. The van der Waals surface area contributed by atoms with Crippen molar-refractivity contribution >= 4 is 27.5 Å². The molecule has 6 heteroatoms. The first-order valence-electron chi connectivity index (χ1n) is 8.99. The third-order valence-electron chi connectivity index (χ3n) is 4.72. The van der Waals surface area contributed by atoms with Gasteiger partial charge in [-0.1, -0.05) is 18.2 Å². The molecule has 0 radical (unpaired) electrons. The number of thiophene rings is 1. The van der Waals surface area contributed by atoms with Gasteiger partial charge in [0.25, 0.3) is 5.56 Å². The summed E-state index contributed by atoms with van der Waals surface area (Å²) >= 11 is 1.50. The molecular formula is C21H24N2O3S. The molecule has 27 heavy (non-hydrogen) atoms. The Morgan fingerprint density at radius 2 is 1.85 bits per heavy atom. The van der Waals surface area contributed by atoms with Gasteiger partial charge in [0, 0.05) is 10.4 Å². The standard InChI is InChI=1S/C21H24N2O3S/c1-11(2)26-21(25)14(5)23-10-22-19-18(20(23)24)17(15(6)27-19)16-8-7-12(3)13(4)9-16/h7-11,14H,1-6H3/t14-/m0/s1. The number of esters is 1. The average molecular weight is 385 g/mol. The molecule has 0 saturated carbocycles. The van der Waals surface area contributed by atoms with E-state index in [1.807, 2.05) is 13.0 Å². The molecule has 0 bridgehead atoms. The number of aromatic nitrogens is 2. The number of fused-ring (bicyclic) bond motifs is 1. The van der Waals surface area contributed by atoms with Crippen molar-refractivity contribution in [3.8, 4) is 11.1 Å². The quantitative estimate of drug-likeness (QED) is 0.619. The Kier molecular flexibility index (Phi) is 5.20. The maximum Gasteiger partial charge on any atom is 0.329 e. The minimum atomic E-state index is -0.732. The van der Waals surface area contributed by atoms with Crippen LogP contribution in [0, 0.1) is 20.8 Å². The van der Waals surface area contributed by atoms with Gasteiger partial charge in [0.15, 0.2) is 0 Å². The fraction of sp³-hybridized carbons (Fsp3) is 0.381. The van der Waals surface area contributed by atoms with Gasteiger partial charge in [-0.3, -0.25) is 9.36 Å². The SMILES string of the molecule is Cc1ccc(-c2c(C)sc3ncn([C@@H](C)C(=O)OC(C)C)c(=O)c23)cc1C. The predicted octanol–water partition coefficient (Wildman–Crippen LogP) is 4.56. The van der Waals surface area contributed by atoms with Crippen LogP contribution in [0.5, 0.6) is 0 Å². The summed E-state index contributed by atoms with van der Waals surface area (Å²) in [5, 5.41) is 0.562. The molecule has 0 N–H and O–H groups in total. The zero-order chi connectivity index (χ0) is 19.9. The molecule has 3 aromatic rings. The maximum absolute atomic E-state index is 13.2. The molecule has 0 aliphatic carbocycles. The Morgan fingerprint density at radius 1 is 1.15 bits per heavy atom. The van der Waals surface area contributed by atoms with Crippen molar-refractivity contribution in [2.24, 2.45) is 0 Å². The van der Waals surface area contributed by atoms with Crippen LogP contribution in [0.2, 0.25) is 0 Å². The first kappa shape index (κ1) is 19.3. The van der Waals surface area contributed by atoms with Crippen LogP contribution in [0.25, 0.3) is 21.3 Å². The first-order valence-corrected chi connectivity index (χ1v) is 9.80. The van der Waals surface area contributed by atoms with Crippen LogP contribution in [-0.4, -0.2) is 21.6 Å². The molecule has 5 nitrogen and oxygen atoms in total. The molecule has 0 saturated heterocycles. The number of ether oxygens (including phenoxy) is 1. The van der Waals surface area contributed by atoms with Gasteiger partial charge < -0.3 is 4.74 Å². The number of hydrogen-bond donors (Lipinski definition) is 0. The van der Waals surface area contributed by atoms with Crippen LogP contribution in [0.1, 0.15) is 42.8 Å². The van der Waals surface area contributed by atoms with Crippen molar-refractivity contribution in [2.75, 3.05) is 0 Å². The molecule has 0 fully saturated rings. The fourth-order valence-electron chi connectivity index (χ4n) is 3.08. The molecule has 0 spiro atoms. The summed E-state index contributed by atoms with van der Waals surface area (Å²) in [5.74, 6) is -0.437. The lowest BCUT2D eigenvalue weighted by molar-refractivity contribution is -0.151. The largest absolute Gasteiger partial charge is 0.461 e. The highest BCUT2D eigenvalue weighted by molar-refractivity contribution is 7.19. The van der Waals surface area contributed by atoms with Crippen LogP contribution >= 0.6 is 11.3 Å². The lowest BCUT2D eigenvalue weighted by Gasteiger charge is -2.16. The molecule has 3 rings (SSSR count). The zero-order valence-electron chi connectivity index (χ0n) is 16.5. The molecule has 1 aromatic carbocycles. The second-order valence-electron chi connectivity index (χ2n) is 7.13. The molecule has 2 heterocycles. The van der Waals surface area contributed by atoms with Crippen LogP contribution in [0.3, 0.4) is 0 Å². The van der Waals surface area contributed by atoms with E-state index in [1.165, 1.54) is 33.4 Å². The van der Waals surface area contributed by atoms with E-state index in [-0.39, 0.29) is 11.7 Å². The van der Waals surface area contributed by atoms with Crippen molar-refractivity contribution in [1.29, 1.82) is 0 Å². The van der Waals surface area contributed by atoms with E-state index in [2.05, 4.69) is 31.0 Å². The van der Waals surface area contributed by atoms with Gasteiger partial charge in [0.2, 0.25) is 0 Å². The summed E-state index contributed by atoms with van der Waals surface area (Å²) in [5.41, 5.74) is 4.05. The van der Waals surface area contributed by atoms with Crippen LogP contribution < -0.4 is 5.56 Å².